The minimum absolute atomic E-state index is 0.0842. The predicted octanol–water partition coefficient (Wildman–Crippen LogP) is 4.51. The van der Waals surface area contributed by atoms with Gasteiger partial charge in [-0.25, -0.2) is 9.18 Å². The number of halogens is 1. The Morgan fingerprint density at radius 3 is 2.56 bits per heavy atom. The van der Waals surface area contributed by atoms with Gasteiger partial charge in [0.15, 0.2) is 0 Å². The minimum atomic E-state index is -1.14. The molecular weight excluding hydrogens is 345 g/mol. The van der Waals surface area contributed by atoms with Crippen LogP contribution in [0.2, 0.25) is 0 Å². The first-order chi connectivity index (χ1) is 12.8. The summed E-state index contributed by atoms with van der Waals surface area (Å²) in [6.07, 6.45) is 3.59. The quantitative estimate of drug-likeness (QED) is 0.727. The van der Waals surface area contributed by atoms with Crippen LogP contribution in [0.4, 0.5) is 4.39 Å². The lowest BCUT2D eigenvalue weighted by molar-refractivity contribution is -0.132. The lowest BCUT2D eigenvalue weighted by Crippen LogP contribution is -2.41. The van der Waals surface area contributed by atoms with Gasteiger partial charge in [-0.2, -0.15) is 0 Å². The second-order valence-electron chi connectivity index (χ2n) is 7.08. The summed E-state index contributed by atoms with van der Waals surface area (Å²) in [5.74, 6) is -1.59. The normalized spacial score (nSPS) is 19.4. The van der Waals surface area contributed by atoms with Crippen molar-refractivity contribution in [2.45, 2.75) is 32.4 Å². The fourth-order valence-corrected chi connectivity index (χ4v) is 3.26. The number of hydrogen-bond donors (Lipinski definition) is 3. The molecule has 0 radical (unpaired) electrons. The molecule has 0 amide bonds. The average molecular weight is 367 g/mol. The highest BCUT2D eigenvalue weighted by atomic mass is 19.1. The maximum absolute atomic E-state index is 13.1. The van der Waals surface area contributed by atoms with Crippen LogP contribution in [0.3, 0.4) is 0 Å². The lowest BCUT2D eigenvalue weighted by Gasteiger charge is -2.30. The van der Waals surface area contributed by atoms with Gasteiger partial charge in [0.05, 0.1) is 5.57 Å². The van der Waals surface area contributed by atoms with Gasteiger partial charge in [-0.05, 0) is 66.8 Å². The van der Waals surface area contributed by atoms with Crippen LogP contribution in [-0.2, 0) is 11.3 Å². The van der Waals surface area contributed by atoms with E-state index in [9.17, 15) is 19.4 Å². The first-order valence-electron chi connectivity index (χ1n) is 8.73. The van der Waals surface area contributed by atoms with Gasteiger partial charge in [0.1, 0.15) is 11.6 Å². The Kier molecular flexibility index (Phi) is 5.15. The molecule has 4 nitrogen and oxygen atoms in total. The Labute approximate surface area is 157 Å². The maximum atomic E-state index is 13.1. The third-order valence-electron chi connectivity index (χ3n) is 4.83. The van der Waals surface area contributed by atoms with Crippen molar-refractivity contribution in [3.63, 3.8) is 0 Å². The summed E-state index contributed by atoms with van der Waals surface area (Å²) in [4.78, 5) is 11.2. The Balaban J connectivity index is 1.74. The Morgan fingerprint density at radius 2 is 1.93 bits per heavy atom. The summed E-state index contributed by atoms with van der Waals surface area (Å²) < 4.78 is 13.1. The second kappa shape index (κ2) is 7.37. The standard InChI is InChI=1S/C22H22FNO3/c1-14-11-15(3-8-18(14)16-4-6-17(23)7-5-16)13-24-22(2)10-9-20(25)19(12-22)21(26)27/h3-9,11-12,24-25H,10,13H2,1-2H3,(H,26,27). The van der Waals surface area contributed by atoms with E-state index in [1.54, 1.807) is 18.2 Å². The molecule has 0 saturated heterocycles. The lowest BCUT2D eigenvalue weighted by atomic mass is 9.88. The molecule has 5 heteroatoms. The second-order valence-corrected chi connectivity index (χ2v) is 7.08. The number of aryl methyl sites for hydroxylation is 1. The Hall–Kier alpha value is -2.92. The van der Waals surface area contributed by atoms with Crippen LogP contribution in [-0.4, -0.2) is 21.7 Å². The predicted molar refractivity (Wildman–Crippen MR) is 103 cm³/mol. The SMILES string of the molecule is Cc1cc(CNC2(C)C=C(C(=O)O)C(O)=CC2)ccc1-c1ccc(F)cc1. The van der Waals surface area contributed by atoms with Crippen molar-refractivity contribution in [3.8, 4) is 11.1 Å². The van der Waals surface area contributed by atoms with Gasteiger partial charge in [0.25, 0.3) is 0 Å². The third kappa shape index (κ3) is 4.26. The molecule has 0 spiro atoms. The number of carboxylic acids is 1. The molecule has 1 atom stereocenters. The number of benzene rings is 2. The molecular formula is C22H22FNO3. The molecule has 1 aliphatic carbocycles. The van der Waals surface area contributed by atoms with E-state index in [2.05, 4.69) is 11.4 Å². The molecule has 0 fully saturated rings. The minimum Gasteiger partial charge on any atom is -0.507 e. The molecule has 1 aliphatic rings. The largest absolute Gasteiger partial charge is 0.507 e. The molecule has 0 heterocycles. The van der Waals surface area contributed by atoms with Crippen molar-refractivity contribution in [2.24, 2.45) is 0 Å². The van der Waals surface area contributed by atoms with Gasteiger partial charge in [0.2, 0.25) is 0 Å². The number of nitrogens with one attached hydrogen (secondary N) is 1. The van der Waals surface area contributed by atoms with Crippen molar-refractivity contribution in [1.82, 2.24) is 5.32 Å². The van der Waals surface area contributed by atoms with Gasteiger partial charge in [0, 0.05) is 12.1 Å². The van der Waals surface area contributed by atoms with Crippen LogP contribution < -0.4 is 5.32 Å². The van der Waals surface area contributed by atoms with Crippen LogP contribution in [0.25, 0.3) is 11.1 Å². The van der Waals surface area contributed by atoms with E-state index in [-0.39, 0.29) is 17.1 Å². The van der Waals surface area contributed by atoms with E-state index in [4.69, 9.17) is 0 Å². The molecule has 27 heavy (non-hydrogen) atoms. The first-order valence-corrected chi connectivity index (χ1v) is 8.73. The van der Waals surface area contributed by atoms with Gasteiger partial charge >= 0.3 is 5.97 Å². The van der Waals surface area contributed by atoms with E-state index in [0.29, 0.717) is 13.0 Å². The summed E-state index contributed by atoms with van der Waals surface area (Å²) in [6.45, 7) is 4.46. The van der Waals surface area contributed by atoms with Gasteiger partial charge in [-0.1, -0.05) is 30.3 Å². The topological polar surface area (TPSA) is 69.6 Å². The molecule has 0 aromatic heterocycles. The summed E-state index contributed by atoms with van der Waals surface area (Å²) in [5.41, 5.74) is 3.51. The van der Waals surface area contributed by atoms with Crippen molar-refractivity contribution < 1.29 is 19.4 Å². The van der Waals surface area contributed by atoms with Crippen molar-refractivity contribution in [3.05, 3.63) is 82.9 Å². The highest BCUT2D eigenvalue weighted by Gasteiger charge is 2.28. The van der Waals surface area contributed by atoms with Gasteiger partial charge in [-0.15, -0.1) is 0 Å². The number of aliphatic hydroxyl groups is 1. The Bertz CT molecular complexity index is 931. The van der Waals surface area contributed by atoms with Gasteiger partial charge in [-0.3, -0.25) is 0 Å². The number of carboxylic acid groups (broad SMARTS) is 1. The monoisotopic (exact) mass is 367 g/mol. The summed E-state index contributed by atoms with van der Waals surface area (Å²) in [7, 11) is 0. The van der Waals surface area contributed by atoms with Crippen LogP contribution >= 0.6 is 0 Å². The molecule has 140 valence electrons. The van der Waals surface area contributed by atoms with Crippen molar-refractivity contribution >= 4 is 5.97 Å². The van der Waals surface area contributed by atoms with Crippen LogP contribution in [0.5, 0.6) is 0 Å². The van der Waals surface area contributed by atoms with E-state index >= 15 is 0 Å². The van der Waals surface area contributed by atoms with Crippen LogP contribution in [0, 0.1) is 12.7 Å². The number of rotatable bonds is 5. The molecule has 0 saturated carbocycles. The molecule has 3 N–H and O–H groups in total. The van der Waals surface area contributed by atoms with E-state index in [0.717, 1.165) is 22.3 Å². The molecule has 0 bridgehead atoms. The van der Waals surface area contributed by atoms with E-state index in [1.165, 1.54) is 18.2 Å². The summed E-state index contributed by atoms with van der Waals surface area (Å²) in [6, 6.07) is 12.5. The smallest absolute Gasteiger partial charge is 0.339 e. The maximum Gasteiger partial charge on any atom is 0.339 e. The molecule has 2 aromatic rings. The fourth-order valence-electron chi connectivity index (χ4n) is 3.26. The van der Waals surface area contributed by atoms with Gasteiger partial charge < -0.3 is 15.5 Å². The van der Waals surface area contributed by atoms with E-state index < -0.39 is 11.5 Å². The van der Waals surface area contributed by atoms with Crippen molar-refractivity contribution in [1.29, 1.82) is 0 Å². The first kappa shape index (κ1) is 18.9. The zero-order valence-electron chi connectivity index (χ0n) is 15.3. The fraction of sp³-hybridized carbons (Fsp3) is 0.227. The summed E-state index contributed by atoms with van der Waals surface area (Å²) >= 11 is 0. The number of aliphatic hydroxyl groups excluding tert-OH is 1. The van der Waals surface area contributed by atoms with Crippen LogP contribution in [0.15, 0.2) is 65.9 Å². The van der Waals surface area contributed by atoms with Crippen molar-refractivity contribution in [2.75, 3.05) is 0 Å². The zero-order chi connectivity index (χ0) is 19.6. The highest BCUT2D eigenvalue weighted by molar-refractivity contribution is 5.91. The Morgan fingerprint density at radius 1 is 1.22 bits per heavy atom. The molecule has 2 aromatic carbocycles. The third-order valence-corrected chi connectivity index (χ3v) is 4.83. The number of hydrogen-bond acceptors (Lipinski definition) is 3. The molecule has 0 aliphatic heterocycles. The molecule has 1 unspecified atom stereocenters. The summed E-state index contributed by atoms with van der Waals surface area (Å²) in [5, 5.41) is 22.3. The molecule has 3 rings (SSSR count). The number of aliphatic carboxylic acids is 1. The van der Waals surface area contributed by atoms with E-state index in [1.807, 2.05) is 26.0 Å². The average Bonchev–Trinajstić information content (AvgIpc) is 2.63. The number of carbonyl (C=O) groups is 1. The zero-order valence-corrected chi connectivity index (χ0v) is 15.3. The van der Waals surface area contributed by atoms with Crippen LogP contribution in [0.1, 0.15) is 24.5 Å². The highest BCUT2D eigenvalue weighted by Crippen LogP contribution is 2.27.